The molecule has 3 unspecified atom stereocenters. The quantitative estimate of drug-likeness (QED) is 0.154. The summed E-state index contributed by atoms with van der Waals surface area (Å²) in [6.45, 7) is 6.76. The number of carbonyl (C=O) groups is 1. The van der Waals surface area contributed by atoms with Crippen molar-refractivity contribution in [3.05, 3.63) is 112 Å². The average Bonchev–Trinajstić information content (AvgIpc) is 3.74. The van der Waals surface area contributed by atoms with E-state index in [-0.39, 0.29) is 29.7 Å². The first kappa shape index (κ1) is 31.2. The van der Waals surface area contributed by atoms with Crippen LogP contribution in [-0.2, 0) is 15.9 Å². The van der Waals surface area contributed by atoms with Gasteiger partial charge < -0.3 is 9.47 Å². The molecule has 1 aliphatic heterocycles. The highest BCUT2D eigenvalue weighted by Gasteiger charge is 2.29. The number of esters is 1. The fraction of sp³-hybridized carbons (Fsp3) is 0.361. The SMILES string of the molecule is CCCC(OCC1CCC(C)n2cc(Cc3ccc(-c4ccccc4-c4nn[nH]n4)cc3)c(=O)n21)c1ccccc1C(=O)OCC. The number of aromatic nitrogens is 6. The molecule has 2 aromatic heterocycles. The standard InChI is InChI=1S/C36H40N6O4/c1-4-10-33(30-12-7-9-14-32(30)36(44)45-5-2)46-23-28-20-15-24(3)41-22-27(35(43)42(28)41)21-25-16-18-26(19-17-25)29-11-6-8-13-31(29)34-37-39-40-38-34/h6-9,11-14,16-19,22,24,28,33H,4-5,10,15,20-21,23H2,1-3H3,(H,37,38,39,40). The largest absolute Gasteiger partial charge is 0.462 e. The fourth-order valence-corrected chi connectivity index (χ4v) is 6.40. The Morgan fingerprint density at radius 1 is 1.00 bits per heavy atom. The lowest BCUT2D eigenvalue weighted by Gasteiger charge is -2.32. The van der Waals surface area contributed by atoms with Gasteiger partial charge in [0.2, 0.25) is 5.82 Å². The molecular weight excluding hydrogens is 580 g/mol. The Bertz CT molecular complexity index is 1830. The van der Waals surface area contributed by atoms with Gasteiger partial charge in [-0.1, -0.05) is 80.1 Å². The molecule has 10 heteroatoms. The molecule has 238 valence electrons. The molecule has 0 saturated heterocycles. The van der Waals surface area contributed by atoms with Gasteiger partial charge in [-0.05, 0) is 66.6 Å². The van der Waals surface area contributed by atoms with Crippen LogP contribution in [0.4, 0.5) is 0 Å². The summed E-state index contributed by atoms with van der Waals surface area (Å²) < 4.78 is 15.8. The summed E-state index contributed by atoms with van der Waals surface area (Å²) in [5.41, 5.74) is 6.15. The van der Waals surface area contributed by atoms with Crippen molar-refractivity contribution in [1.29, 1.82) is 0 Å². The number of ether oxygens (including phenoxy) is 2. The molecule has 3 heterocycles. The van der Waals surface area contributed by atoms with Gasteiger partial charge in [0.15, 0.2) is 0 Å². The number of rotatable bonds is 12. The second-order valence-corrected chi connectivity index (χ2v) is 11.8. The minimum atomic E-state index is -0.340. The number of aromatic amines is 1. The molecule has 3 aromatic carbocycles. The Morgan fingerprint density at radius 2 is 1.76 bits per heavy atom. The molecule has 0 radical (unpaired) electrons. The summed E-state index contributed by atoms with van der Waals surface area (Å²) in [7, 11) is 0. The van der Waals surface area contributed by atoms with Crippen molar-refractivity contribution in [3.63, 3.8) is 0 Å². The third kappa shape index (κ3) is 6.44. The predicted molar refractivity (Wildman–Crippen MR) is 176 cm³/mol. The Balaban J connectivity index is 1.21. The Hall–Kier alpha value is -4.83. The smallest absolute Gasteiger partial charge is 0.338 e. The molecule has 0 aliphatic carbocycles. The first-order chi connectivity index (χ1) is 22.5. The second-order valence-electron chi connectivity index (χ2n) is 11.8. The van der Waals surface area contributed by atoms with Crippen molar-refractivity contribution in [2.24, 2.45) is 0 Å². The van der Waals surface area contributed by atoms with Crippen LogP contribution in [-0.4, -0.2) is 49.2 Å². The highest BCUT2D eigenvalue weighted by Crippen LogP contribution is 2.33. The molecule has 0 fully saturated rings. The van der Waals surface area contributed by atoms with Crippen LogP contribution in [0.1, 0.15) is 91.7 Å². The van der Waals surface area contributed by atoms with Crippen molar-refractivity contribution < 1.29 is 14.3 Å². The number of fused-ring (bicyclic) bond motifs is 1. The van der Waals surface area contributed by atoms with E-state index in [1.165, 1.54) is 0 Å². The average molecular weight is 621 g/mol. The highest BCUT2D eigenvalue weighted by molar-refractivity contribution is 5.91. The van der Waals surface area contributed by atoms with E-state index in [1.807, 2.05) is 53.3 Å². The van der Waals surface area contributed by atoms with Gasteiger partial charge in [0.25, 0.3) is 5.56 Å². The molecule has 46 heavy (non-hydrogen) atoms. The predicted octanol–water partition coefficient (Wildman–Crippen LogP) is 6.72. The summed E-state index contributed by atoms with van der Waals surface area (Å²) in [6.07, 6.45) is 5.72. The van der Waals surface area contributed by atoms with Crippen molar-refractivity contribution in [2.75, 3.05) is 13.2 Å². The van der Waals surface area contributed by atoms with Crippen LogP contribution in [0.15, 0.2) is 83.8 Å². The van der Waals surface area contributed by atoms with Crippen LogP contribution in [0.3, 0.4) is 0 Å². The van der Waals surface area contributed by atoms with Crippen molar-refractivity contribution in [3.8, 4) is 22.5 Å². The van der Waals surface area contributed by atoms with Gasteiger partial charge >= 0.3 is 5.97 Å². The minimum absolute atomic E-state index is 0.0191. The van der Waals surface area contributed by atoms with E-state index in [0.29, 0.717) is 31.0 Å². The van der Waals surface area contributed by atoms with E-state index in [2.05, 4.69) is 63.4 Å². The number of hydrogen-bond acceptors (Lipinski definition) is 7. The second kappa shape index (κ2) is 14.1. The maximum absolute atomic E-state index is 13.9. The Labute approximate surface area is 268 Å². The van der Waals surface area contributed by atoms with E-state index in [4.69, 9.17) is 9.47 Å². The molecule has 1 N–H and O–H groups in total. The fourth-order valence-electron chi connectivity index (χ4n) is 6.40. The van der Waals surface area contributed by atoms with Gasteiger partial charge in [-0.3, -0.25) is 9.48 Å². The topological polar surface area (TPSA) is 117 Å². The van der Waals surface area contributed by atoms with Crippen LogP contribution in [0.2, 0.25) is 0 Å². The van der Waals surface area contributed by atoms with Crippen molar-refractivity contribution in [2.45, 2.75) is 71.1 Å². The number of H-pyrrole nitrogens is 1. The maximum Gasteiger partial charge on any atom is 0.338 e. The van der Waals surface area contributed by atoms with Crippen LogP contribution in [0.25, 0.3) is 22.5 Å². The molecule has 3 atom stereocenters. The first-order valence-corrected chi connectivity index (χ1v) is 16.1. The Morgan fingerprint density at radius 3 is 2.50 bits per heavy atom. The first-order valence-electron chi connectivity index (χ1n) is 16.1. The van der Waals surface area contributed by atoms with Gasteiger partial charge in [0.05, 0.1) is 30.9 Å². The lowest BCUT2D eigenvalue weighted by atomic mass is 9.97. The molecular formula is C36H40N6O4. The van der Waals surface area contributed by atoms with E-state index < -0.39 is 0 Å². The van der Waals surface area contributed by atoms with Gasteiger partial charge in [-0.25, -0.2) is 9.48 Å². The third-order valence-corrected chi connectivity index (χ3v) is 8.75. The number of hydrogen-bond donors (Lipinski definition) is 1. The van der Waals surface area contributed by atoms with E-state index in [1.54, 1.807) is 13.0 Å². The zero-order valence-corrected chi connectivity index (χ0v) is 26.6. The number of nitrogens with zero attached hydrogens (tertiary/aromatic N) is 5. The van der Waals surface area contributed by atoms with E-state index in [0.717, 1.165) is 59.1 Å². The molecule has 1 aliphatic rings. The Kier molecular flexibility index (Phi) is 9.54. The highest BCUT2D eigenvalue weighted by atomic mass is 16.5. The molecule has 0 spiro atoms. The normalized spacial score (nSPS) is 16.6. The van der Waals surface area contributed by atoms with Gasteiger partial charge in [0, 0.05) is 29.8 Å². The van der Waals surface area contributed by atoms with Crippen molar-refractivity contribution >= 4 is 5.97 Å². The lowest BCUT2D eigenvalue weighted by molar-refractivity contribution is 0.00831. The lowest BCUT2D eigenvalue weighted by Crippen LogP contribution is -2.36. The molecule has 0 bridgehead atoms. The minimum Gasteiger partial charge on any atom is -0.462 e. The van der Waals surface area contributed by atoms with Gasteiger partial charge in [-0.2, -0.15) is 5.21 Å². The summed E-state index contributed by atoms with van der Waals surface area (Å²) in [6, 6.07) is 23.9. The molecule has 0 amide bonds. The van der Waals surface area contributed by atoms with Gasteiger partial charge in [-0.15, -0.1) is 10.2 Å². The number of tetrazole rings is 1. The molecule has 10 nitrogen and oxygen atoms in total. The van der Waals surface area contributed by atoms with Gasteiger partial charge in [0.1, 0.15) is 0 Å². The number of carbonyl (C=O) groups excluding carboxylic acids is 1. The van der Waals surface area contributed by atoms with E-state index in [9.17, 15) is 9.59 Å². The number of nitrogens with one attached hydrogen (secondary N) is 1. The summed E-state index contributed by atoms with van der Waals surface area (Å²) in [5.74, 6) is 0.206. The zero-order chi connectivity index (χ0) is 32.0. The number of benzene rings is 3. The summed E-state index contributed by atoms with van der Waals surface area (Å²) in [5, 5.41) is 14.5. The van der Waals surface area contributed by atoms with Crippen LogP contribution >= 0.6 is 0 Å². The maximum atomic E-state index is 13.9. The van der Waals surface area contributed by atoms with E-state index >= 15 is 0 Å². The summed E-state index contributed by atoms with van der Waals surface area (Å²) >= 11 is 0. The van der Waals surface area contributed by atoms with Crippen molar-refractivity contribution in [1.82, 2.24) is 30.0 Å². The molecule has 6 rings (SSSR count). The zero-order valence-electron chi connectivity index (χ0n) is 26.6. The molecule has 5 aromatic rings. The van der Waals surface area contributed by atoms with Crippen LogP contribution in [0, 0.1) is 0 Å². The van der Waals surface area contributed by atoms with Crippen LogP contribution < -0.4 is 5.56 Å². The van der Waals surface area contributed by atoms with Crippen LogP contribution in [0.5, 0.6) is 0 Å². The summed E-state index contributed by atoms with van der Waals surface area (Å²) in [4.78, 5) is 26.6. The third-order valence-electron chi connectivity index (χ3n) is 8.75. The molecule has 0 saturated carbocycles. The monoisotopic (exact) mass is 620 g/mol.